The maximum atomic E-state index is 15.0. The van der Waals surface area contributed by atoms with Crippen molar-refractivity contribution in [3.63, 3.8) is 0 Å². The Kier molecular flexibility index (Phi) is 18.2. The highest BCUT2D eigenvalue weighted by Gasteiger charge is 2.27. The third kappa shape index (κ3) is 14.1. The average Bonchev–Trinajstić information content (AvgIpc) is 3.83. The molecule has 0 unspecified atom stereocenters. The van der Waals surface area contributed by atoms with Gasteiger partial charge in [-0.25, -0.2) is 25.6 Å². The Hall–Kier alpha value is -5.29. The topological polar surface area (TPSA) is 182 Å². The Morgan fingerprint density at radius 2 is 1.14 bits per heavy atom. The molecule has 2 aliphatic rings. The van der Waals surface area contributed by atoms with E-state index in [1.165, 1.54) is 32.9 Å². The number of carbonyl (C=O) groups excluding carboxylic acids is 1. The molecule has 0 amide bonds. The van der Waals surface area contributed by atoms with Crippen molar-refractivity contribution in [2.45, 2.75) is 32.4 Å². The Bertz CT molecular complexity index is 2550. The zero-order valence-electron chi connectivity index (χ0n) is 36.2. The highest BCUT2D eigenvalue weighted by Crippen LogP contribution is 2.28. The number of morpholine rings is 2. The molecular weight excluding hydrogens is 907 g/mol. The predicted molar refractivity (Wildman–Crippen MR) is 241 cm³/mol. The summed E-state index contributed by atoms with van der Waals surface area (Å²) in [6, 6.07) is 25.0. The summed E-state index contributed by atoms with van der Waals surface area (Å²) in [5.74, 6) is -2.99. The van der Waals surface area contributed by atoms with E-state index in [9.17, 15) is 39.2 Å². The number of sulfonamides is 2. The van der Waals surface area contributed by atoms with Crippen molar-refractivity contribution in [3.05, 3.63) is 131 Å². The van der Waals surface area contributed by atoms with Gasteiger partial charge in [-0.2, -0.15) is 8.78 Å². The van der Waals surface area contributed by atoms with Crippen molar-refractivity contribution in [2.75, 3.05) is 92.4 Å². The first-order valence-electron chi connectivity index (χ1n) is 21.4. The number of alkyl halides is 2. The van der Waals surface area contributed by atoms with Gasteiger partial charge in [0, 0.05) is 48.4 Å². The van der Waals surface area contributed by atoms with Crippen molar-refractivity contribution in [3.8, 4) is 11.5 Å². The first kappa shape index (κ1) is 50.1. The van der Waals surface area contributed by atoms with E-state index in [0.717, 1.165) is 38.3 Å². The summed E-state index contributed by atoms with van der Waals surface area (Å²) in [6.07, 6.45) is -2.04. The van der Waals surface area contributed by atoms with Crippen LogP contribution in [0, 0.1) is 11.6 Å². The molecule has 5 aromatic rings. The Balaban J connectivity index is 0.000000220. The number of halogens is 4. The minimum Gasteiger partial charge on any atom is -0.415 e. The van der Waals surface area contributed by atoms with Crippen LogP contribution in [0.25, 0.3) is 11.5 Å². The van der Waals surface area contributed by atoms with Crippen LogP contribution in [0.4, 0.5) is 28.9 Å². The molecule has 3 heterocycles. The molecule has 1 aromatic heterocycles. The molecule has 0 aliphatic carbocycles. The largest absolute Gasteiger partial charge is 0.415 e. The fourth-order valence-corrected chi connectivity index (χ4v) is 10.2. The predicted octanol–water partition coefficient (Wildman–Crippen LogP) is 5.90. The van der Waals surface area contributed by atoms with Crippen LogP contribution in [-0.4, -0.2) is 126 Å². The average molecular weight is 960 g/mol. The molecule has 2 fully saturated rings. The first-order chi connectivity index (χ1) is 31.7. The molecule has 4 aromatic carbocycles. The van der Waals surface area contributed by atoms with Gasteiger partial charge in [0.2, 0.25) is 25.9 Å². The number of carbonyl (C=O) groups is 1. The number of aromatic nitrogens is 2. The second-order valence-electron chi connectivity index (χ2n) is 15.4. The van der Waals surface area contributed by atoms with Crippen molar-refractivity contribution in [2.24, 2.45) is 5.73 Å². The molecule has 2 saturated heterocycles. The molecule has 0 radical (unpaired) electrons. The highest BCUT2D eigenvalue weighted by molar-refractivity contribution is 7.93. The standard InChI is InChI=1S/C23H25F3N4O4S.C22H28FN3O4S/c24-20-15-17(22-27-28-23(34-22)21(25)26)7-8-18(20)16-30(19-5-2-1-3-6-19)35(31,32)14-4-9-29-10-12-33-13-11-29;23-21-15-18(22(27)16-24)7-8-19(21)17-26(20-5-2-1-3-6-20)31(28,29)14-4-9-25-10-12-30-13-11-25/h1-3,5-8,15,21H,4,9-14,16H2;1-3,5-8,15H,4,9-14,16-17,24H2. The molecule has 0 bridgehead atoms. The summed E-state index contributed by atoms with van der Waals surface area (Å²) in [4.78, 5) is 16.1. The third-order valence-electron chi connectivity index (χ3n) is 10.8. The molecule has 356 valence electrons. The Morgan fingerprint density at radius 1 is 0.667 bits per heavy atom. The second kappa shape index (κ2) is 23.9. The number of Topliss-reactive ketones (excluding diaryl/α,β-unsaturated/α-hetero) is 1. The summed E-state index contributed by atoms with van der Waals surface area (Å²) >= 11 is 0. The minimum atomic E-state index is -3.78. The van der Waals surface area contributed by atoms with Crippen LogP contribution in [0.15, 0.2) is 101 Å². The molecule has 0 atom stereocenters. The molecule has 66 heavy (non-hydrogen) atoms. The van der Waals surface area contributed by atoms with Gasteiger partial charge in [0.15, 0.2) is 5.78 Å². The van der Waals surface area contributed by atoms with Crippen LogP contribution in [0.5, 0.6) is 0 Å². The van der Waals surface area contributed by atoms with Crippen molar-refractivity contribution in [1.29, 1.82) is 0 Å². The van der Waals surface area contributed by atoms with Crippen molar-refractivity contribution >= 4 is 37.2 Å². The lowest BCUT2D eigenvalue weighted by Gasteiger charge is -2.28. The van der Waals surface area contributed by atoms with Crippen molar-refractivity contribution < 1.29 is 53.1 Å². The van der Waals surface area contributed by atoms with E-state index in [1.807, 2.05) is 0 Å². The lowest BCUT2D eigenvalue weighted by molar-refractivity contribution is 0.0380. The van der Waals surface area contributed by atoms with Gasteiger partial charge in [-0.05, 0) is 68.4 Å². The van der Waals surface area contributed by atoms with Gasteiger partial charge in [-0.1, -0.05) is 54.6 Å². The maximum Gasteiger partial charge on any atom is 0.314 e. The van der Waals surface area contributed by atoms with E-state index in [0.29, 0.717) is 63.7 Å². The molecule has 15 nitrogen and oxygen atoms in total. The lowest BCUT2D eigenvalue weighted by Crippen LogP contribution is -2.38. The van der Waals surface area contributed by atoms with Gasteiger partial charge >= 0.3 is 6.43 Å². The van der Waals surface area contributed by atoms with Crippen LogP contribution < -0.4 is 14.3 Å². The lowest BCUT2D eigenvalue weighted by atomic mass is 10.1. The van der Waals surface area contributed by atoms with Gasteiger partial charge in [-0.3, -0.25) is 23.2 Å². The number of ketones is 1. The molecule has 0 saturated carbocycles. The summed E-state index contributed by atoms with van der Waals surface area (Å²) in [6.45, 7) is 6.36. The van der Waals surface area contributed by atoms with Gasteiger partial charge in [0.25, 0.3) is 5.89 Å². The fraction of sp³-hybridized carbons (Fsp3) is 0.400. The minimum absolute atomic E-state index is 0.0510. The SMILES string of the molecule is NCC(=O)c1ccc(CN(c2ccccc2)S(=O)(=O)CCCN2CCOCC2)c(F)c1.O=S(=O)(CCCN1CCOCC1)N(Cc1ccc(-c2nnc(C(F)F)o2)cc1F)c1ccccc1. The van der Waals surface area contributed by atoms with E-state index < -0.39 is 44.0 Å². The quantitative estimate of drug-likeness (QED) is 0.0721. The summed E-state index contributed by atoms with van der Waals surface area (Å²) in [5.41, 5.74) is 6.81. The number of hydrogen-bond donors (Lipinski definition) is 1. The number of nitrogens with two attached hydrogens (primary N) is 1. The highest BCUT2D eigenvalue weighted by atomic mass is 32.2. The Morgan fingerprint density at radius 3 is 1.56 bits per heavy atom. The van der Waals surface area contributed by atoms with Crippen LogP contribution in [-0.2, 0) is 42.6 Å². The number of hydrogen-bond acceptors (Lipinski definition) is 13. The maximum absolute atomic E-state index is 15.0. The van der Waals surface area contributed by atoms with Crippen LogP contribution in [0.1, 0.15) is 46.6 Å². The molecule has 2 aliphatic heterocycles. The normalized spacial score (nSPS) is 15.0. The zero-order chi connectivity index (χ0) is 47.1. The van der Waals surface area contributed by atoms with E-state index >= 15 is 0 Å². The zero-order valence-corrected chi connectivity index (χ0v) is 37.8. The number of para-hydroxylation sites is 2. The van der Waals surface area contributed by atoms with Crippen LogP contribution in [0.2, 0.25) is 0 Å². The third-order valence-corrected chi connectivity index (χ3v) is 14.5. The van der Waals surface area contributed by atoms with E-state index in [4.69, 9.17) is 19.6 Å². The fourth-order valence-electron chi connectivity index (χ4n) is 7.22. The Labute approximate surface area is 382 Å². The van der Waals surface area contributed by atoms with E-state index in [2.05, 4.69) is 20.0 Å². The number of nitrogens with zero attached hydrogens (tertiary/aromatic N) is 6. The molecule has 2 N–H and O–H groups in total. The summed E-state index contributed by atoms with van der Waals surface area (Å²) in [5, 5.41) is 6.76. The van der Waals surface area contributed by atoms with E-state index in [-0.39, 0.29) is 65.1 Å². The van der Waals surface area contributed by atoms with E-state index in [1.54, 1.807) is 60.7 Å². The van der Waals surface area contributed by atoms with Gasteiger partial charge in [0.05, 0.1) is 68.9 Å². The first-order valence-corrected chi connectivity index (χ1v) is 24.6. The number of benzene rings is 4. The smallest absolute Gasteiger partial charge is 0.314 e. The molecular formula is C45H53F4N7O8S2. The van der Waals surface area contributed by atoms with Crippen molar-refractivity contribution in [1.82, 2.24) is 20.0 Å². The molecule has 0 spiro atoms. The molecule has 21 heteroatoms. The van der Waals surface area contributed by atoms with Gasteiger partial charge in [-0.15, -0.1) is 10.2 Å². The second-order valence-corrected chi connectivity index (χ2v) is 19.4. The monoisotopic (exact) mass is 959 g/mol. The van der Waals surface area contributed by atoms with Crippen LogP contribution >= 0.6 is 0 Å². The van der Waals surface area contributed by atoms with Crippen LogP contribution in [0.3, 0.4) is 0 Å². The van der Waals surface area contributed by atoms with Gasteiger partial charge in [0.1, 0.15) is 11.6 Å². The summed E-state index contributed by atoms with van der Waals surface area (Å²) < 4.78 is 126. The molecule has 7 rings (SSSR count). The number of rotatable bonds is 20. The number of ether oxygens (including phenoxy) is 2. The number of anilines is 2. The summed E-state index contributed by atoms with van der Waals surface area (Å²) in [7, 11) is -7.48. The van der Waals surface area contributed by atoms with Gasteiger partial charge < -0.3 is 19.6 Å².